The molecule has 0 radical (unpaired) electrons. The first-order valence-corrected chi connectivity index (χ1v) is 17.6. The molecule has 0 spiro atoms. The molecule has 0 unspecified atom stereocenters. The van der Waals surface area contributed by atoms with E-state index in [2.05, 4.69) is 6.07 Å². The van der Waals surface area contributed by atoms with Crippen LogP contribution in [0.3, 0.4) is 0 Å². The van der Waals surface area contributed by atoms with Crippen LogP contribution in [0.1, 0.15) is 100 Å². The summed E-state index contributed by atoms with van der Waals surface area (Å²) in [6.07, 6.45) is 11.7. The van der Waals surface area contributed by atoms with Crippen molar-refractivity contribution >= 4 is 17.8 Å². The molecule has 1 aliphatic heterocycles. The molecular formula is C37H47N5O6. The van der Waals surface area contributed by atoms with Gasteiger partial charge in [0.25, 0.3) is 0 Å². The Morgan fingerprint density at radius 1 is 1.00 bits per heavy atom. The minimum absolute atomic E-state index is 0.0802. The highest BCUT2D eigenvalue weighted by molar-refractivity contribution is 5.94. The van der Waals surface area contributed by atoms with E-state index in [0.717, 1.165) is 72.8 Å². The standard InChI is InChI=1S/C37H47N5O6/c1-23-32(46-3)15-14-30(39-23)25-6-4-24(5-7-25)19-42(33-18-28(16-17-38-33)31-20-47-34(40-31)26-8-9-26)35(43)27-10-12-29(13-11-27)48-36(44)41-21-37(2,45)22-41/h14-18,20,24-27,29,45H,4-13,19,21-22H2,1-3H3. The number of aliphatic hydroxyl groups is 1. The van der Waals surface area contributed by atoms with Crippen molar-refractivity contribution in [1.29, 1.82) is 0 Å². The third-order valence-electron chi connectivity index (χ3n) is 10.6. The normalized spacial score (nSPS) is 25.2. The summed E-state index contributed by atoms with van der Waals surface area (Å²) in [5.74, 6) is 3.29. The second-order valence-corrected chi connectivity index (χ2v) is 14.6. The van der Waals surface area contributed by atoms with Crippen LogP contribution in [0.4, 0.5) is 10.6 Å². The number of hydrogen-bond donors (Lipinski definition) is 1. The minimum Gasteiger partial charge on any atom is -0.495 e. The van der Waals surface area contributed by atoms with Crippen LogP contribution in [0.2, 0.25) is 0 Å². The van der Waals surface area contributed by atoms with Gasteiger partial charge in [0, 0.05) is 41.8 Å². The van der Waals surface area contributed by atoms with Gasteiger partial charge < -0.3 is 23.9 Å². The highest BCUT2D eigenvalue weighted by Gasteiger charge is 2.42. The Balaban J connectivity index is 1.03. The zero-order valence-corrected chi connectivity index (χ0v) is 28.3. The molecule has 1 saturated heterocycles. The first kappa shape index (κ1) is 32.6. The second-order valence-electron chi connectivity index (χ2n) is 14.6. The lowest BCUT2D eigenvalue weighted by atomic mass is 9.79. The van der Waals surface area contributed by atoms with Crippen molar-refractivity contribution < 1.29 is 28.6 Å². The van der Waals surface area contributed by atoms with Gasteiger partial charge in [-0.1, -0.05) is 0 Å². The lowest BCUT2D eigenvalue weighted by Gasteiger charge is -2.44. The molecule has 7 rings (SSSR count). The largest absolute Gasteiger partial charge is 0.495 e. The van der Waals surface area contributed by atoms with Crippen LogP contribution in [0.15, 0.2) is 41.1 Å². The zero-order valence-electron chi connectivity index (χ0n) is 28.3. The number of rotatable bonds is 9. The Kier molecular flexibility index (Phi) is 9.15. The number of hydrogen-bond acceptors (Lipinski definition) is 9. The number of β-amino-alcohol motifs (C(OH)–C–C–N with tert-alkyl or cyclic N) is 1. The summed E-state index contributed by atoms with van der Waals surface area (Å²) in [5, 5.41) is 9.99. The van der Waals surface area contributed by atoms with Crippen molar-refractivity contribution in [3.63, 3.8) is 0 Å². The molecule has 3 aliphatic carbocycles. The highest BCUT2D eigenvalue weighted by atomic mass is 16.6. The van der Waals surface area contributed by atoms with Gasteiger partial charge in [-0.3, -0.25) is 14.7 Å². The average Bonchev–Trinajstić information content (AvgIpc) is 3.82. The van der Waals surface area contributed by atoms with Crippen LogP contribution in [0.5, 0.6) is 5.75 Å². The Bertz CT molecular complexity index is 1610. The van der Waals surface area contributed by atoms with Gasteiger partial charge in [-0.15, -0.1) is 0 Å². The Hall–Kier alpha value is -3.99. The van der Waals surface area contributed by atoms with Gasteiger partial charge in [0.2, 0.25) is 5.91 Å². The van der Waals surface area contributed by atoms with Gasteiger partial charge in [0.1, 0.15) is 29.6 Å². The van der Waals surface area contributed by atoms with E-state index in [-0.39, 0.29) is 37.1 Å². The number of likely N-dealkylation sites (tertiary alicyclic amines) is 1. The molecule has 256 valence electrons. The van der Waals surface area contributed by atoms with E-state index in [1.165, 1.54) is 4.90 Å². The van der Waals surface area contributed by atoms with Crippen LogP contribution in [0.25, 0.3) is 11.3 Å². The van der Waals surface area contributed by atoms with E-state index in [9.17, 15) is 14.7 Å². The Labute approximate surface area is 282 Å². The van der Waals surface area contributed by atoms with Crippen molar-refractivity contribution in [3.05, 3.63) is 54.0 Å². The predicted octanol–water partition coefficient (Wildman–Crippen LogP) is 6.40. The number of oxazole rings is 1. The topological polar surface area (TPSA) is 131 Å². The maximum absolute atomic E-state index is 14.4. The van der Waals surface area contributed by atoms with E-state index in [1.54, 1.807) is 26.5 Å². The summed E-state index contributed by atoms with van der Waals surface area (Å²) < 4.78 is 16.9. The monoisotopic (exact) mass is 657 g/mol. The number of nitrogens with zero attached hydrogens (tertiary/aromatic N) is 5. The van der Waals surface area contributed by atoms with Crippen molar-refractivity contribution in [3.8, 4) is 17.0 Å². The molecule has 3 aromatic heterocycles. The third kappa shape index (κ3) is 7.21. The number of aromatic nitrogens is 3. The van der Waals surface area contributed by atoms with E-state index >= 15 is 0 Å². The molecule has 0 atom stereocenters. The van der Waals surface area contributed by atoms with Crippen LogP contribution >= 0.6 is 0 Å². The summed E-state index contributed by atoms with van der Waals surface area (Å²) >= 11 is 0. The lowest BCUT2D eigenvalue weighted by molar-refractivity contribution is -0.124. The van der Waals surface area contributed by atoms with Crippen molar-refractivity contribution in [1.82, 2.24) is 19.9 Å². The number of amides is 2. The highest BCUT2D eigenvalue weighted by Crippen LogP contribution is 2.41. The molecule has 4 heterocycles. The first-order valence-electron chi connectivity index (χ1n) is 17.6. The van der Waals surface area contributed by atoms with E-state index in [1.807, 2.05) is 30.0 Å². The maximum atomic E-state index is 14.4. The Morgan fingerprint density at radius 2 is 1.73 bits per heavy atom. The van der Waals surface area contributed by atoms with Crippen LogP contribution < -0.4 is 9.64 Å². The summed E-state index contributed by atoms with van der Waals surface area (Å²) in [6, 6.07) is 7.99. The molecular weight excluding hydrogens is 610 g/mol. The quantitative estimate of drug-likeness (QED) is 0.278. The molecule has 4 aliphatic rings. The summed E-state index contributed by atoms with van der Waals surface area (Å²) in [6.45, 7) is 4.88. The molecule has 0 aromatic carbocycles. The fourth-order valence-electron chi connectivity index (χ4n) is 7.64. The van der Waals surface area contributed by atoms with E-state index in [0.29, 0.717) is 55.8 Å². The molecule has 11 heteroatoms. The van der Waals surface area contributed by atoms with Crippen molar-refractivity contribution in [2.75, 3.05) is 31.6 Å². The maximum Gasteiger partial charge on any atom is 0.410 e. The summed E-state index contributed by atoms with van der Waals surface area (Å²) in [5.41, 5.74) is 2.84. The second kappa shape index (κ2) is 13.5. The SMILES string of the molecule is COc1ccc(C2CCC(CN(C(=O)C3CCC(OC(=O)N4CC(C)(O)C4)CC3)c3cc(-c4coc(C5CC5)n4)ccn3)CC2)nc1C. The smallest absolute Gasteiger partial charge is 0.410 e. The summed E-state index contributed by atoms with van der Waals surface area (Å²) in [4.78, 5) is 44.6. The summed E-state index contributed by atoms with van der Waals surface area (Å²) in [7, 11) is 1.67. The van der Waals surface area contributed by atoms with Crippen molar-refractivity contribution in [2.45, 2.75) is 102 Å². The molecule has 11 nitrogen and oxygen atoms in total. The lowest BCUT2D eigenvalue weighted by Crippen LogP contribution is -2.62. The predicted molar refractivity (Wildman–Crippen MR) is 179 cm³/mol. The number of carbonyl (C=O) groups is 2. The van der Waals surface area contributed by atoms with E-state index < -0.39 is 5.60 Å². The third-order valence-corrected chi connectivity index (χ3v) is 10.6. The molecule has 4 fully saturated rings. The van der Waals surface area contributed by atoms with Gasteiger partial charge in [0.05, 0.1) is 31.5 Å². The molecule has 1 N–H and O–H groups in total. The van der Waals surface area contributed by atoms with Crippen LogP contribution in [-0.4, -0.2) is 75.4 Å². The number of pyridine rings is 2. The molecule has 2 amide bonds. The van der Waals surface area contributed by atoms with E-state index in [4.69, 9.17) is 28.8 Å². The van der Waals surface area contributed by atoms with Crippen LogP contribution in [0, 0.1) is 18.8 Å². The van der Waals surface area contributed by atoms with Gasteiger partial charge in [-0.2, -0.15) is 0 Å². The number of anilines is 1. The van der Waals surface area contributed by atoms with Crippen LogP contribution in [-0.2, 0) is 9.53 Å². The fraction of sp³-hybridized carbons (Fsp3) is 0.595. The molecule has 3 aromatic rings. The van der Waals surface area contributed by atoms with Gasteiger partial charge in [-0.25, -0.2) is 14.8 Å². The number of methoxy groups -OCH3 is 1. The zero-order chi connectivity index (χ0) is 33.4. The molecule has 3 saturated carbocycles. The molecule has 0 bridgehead atoms. The van der Waals surface area contributed by atoms with Gasteiger partial charge in [0.15, 0.2) is 5.89 Å². The number of aryl methyl sites for hydroxylation is 1. The first-order chi connectivity index (χ1) is 23.2. The van der Waals surface area contributed by atoms with Gasteiger partial charge >= 0.3 is 6.09 Å². The minimum atomic E-state index is -0.837. The number of ether oxygens (including phenoxy) is 2. The fourth-order valence-corrected chi connectivity index (χ4v) is 7.64. The van der Waals surface area contributed by atoms with Crippen molar-refractivity contribution in [2.24, 2.45) is 11.8 Å². The Morgan fingerprint density at radius 3 is 2.40 bits per heavy atom. The average molecular weight is 658 g/mol. The van der Waals surface area contributed by atoms with Gasteiger partial charge in [-0.05, 0) is 108 Å². The number of carbonyl (C=O) groups excluding carboxylic acids is 2. The molecule has 48 heavy (non-hydrogen) atoms.